The van der Waals surface area contributed by atoms with Crippen LogP contribution >= 0.6 is 0 Å². The Morgan fingerprint density at radius 2 is 1.86 bits per heavy atom. The number of aromatic nitrogens is 3. The lowest BCUT2D eigenvalue weighted by molar-refractivity contribution is -0.0244. The Hall–Kier alpha value is -2.19. The third-order valence-electron chi connectivity index (χ3n) is 4.60. The van der Waals surface area contributed by atoms with E-state index in [2.05, 4.69) is 16.2 Å². The van der Waals surface area contributed by atoms with Crippen LogP contribution in [0.5, 0.6) is 0 Å². The number of rotatable bonds is 2. The van der Waals surface area contributed by atoms with Gasteiger partial charge < -0.3 is 5.11 Å². The predicted octanol–water partition coefficient (Wildman–Crippen LogP) is 2.04. The highest BCUT2D eigenvalue weighted by Crippen LogP contribution is 2.46. The van der Waals surface area contributed by atoms with E-state index in [4.69, 9.17) is 0 Å². The van der Waals surface area contributed by atoms with Crippen LogP contribution < -0.4 is 0 Å². The molecule has 0 atom stereocenters. The molecule has 3 rings (SSSR count). The summed E-state index contributed by atoms with van der Waals surface area (Å²) in [4.78, 5) is 4.18. The molecule has 0 aliphatic heterocycles. The summed E-state index contributed by atoms with van der Waals surface area (Å²) in [6.07, 6.45) is 3.73. The van der Waals surface area contributed by atoms with Crippen LogP contribution in [0.15, 0.2) is 36.7 Å². The summed E-state index contributed by atoms with van der Waals surface area (Å²) in [6, 6.07) is 12.3. The van der Waals surface area contributed by atoms with Gasteiger partial charge in [-0.25, -0.2) is 4.98 Å². The van der Waals surface area contributed by atoms with Crippen LogP contribution in [0.2, 0.25) is 0 Å². The van der Waals surface area contributed by atoms with E-state index in [-0.39, 0.29) is 0 Å². The Labute approximate surface area is 123 Å². The maximum atomic E-state index is 10.9. The van der Waals surface area contributed by atoms with Crippen LogP contribution in [0, 0.1) is 11.3 Å². The zero-order valence-electron chi connectivity index (χ0n) is 12.0. The minimum absolute atomic E-state index is 0.508. The van der Waals surface area contributed by atoms with E-state index in [0.717, 1.165) is 5.56 Å². The van der Waals surface area contributed by atoms with Crippen LogP contribution in [0.1, 0.15) is 37.1 Å². The van der Waals surface area contributed by atoms with Crippen molar-refractivity contribution in [1.82, 2.24) is 14.8 Å². The number of benzene rings is 1. The van der Waals surface area contributed by atoms with Gasteiger partial charge in [-0.3, -0.25) is 4.68 Å². The molecule has 1 aliphatic carbocycles. The Morgan fingerprint density at radius 1 is 1.19 bits per heavy atom. The first-order chi connectivity index (χ1) is 10.1. The van der Waals surface area contributed by atoms with E-state index < -0.39 is 11.0 Å². The molecule has 1 aromatic heterocycles. The molecule has 0 unspecified atom stereocenters. The molecule has 1 aliphatic rings. The highest BCUT2D eigenvalue weighted by Gasteiger charge is 2.45. The normalized spacial score (nSPS) is 29.0. The average molecular weight is 282 g/mol. The standard InChI is InChI=1S/C16H18N4O/c1-20-14(18-12-19-20)16(21)9-7-15(11-17,8-10-16)13-5-3-2-4-6-13/h2-6,12,21H,7-10H2,1H3/t15-,16+. The summed E-state index contributed by atoms with van der Waals surface area (Å²) in [5.41, 5.74) is -0.459. The van der Waals surface area contributed by atoms with Gasteiger partial charge in [0, 0.05) is 7.05 Å². The molecule has 21 heavy (non-hydrogen) atoms. The van der Waals surface area contributed by atoms with E-state index in [1.54, 1.807) is 11.7 Å². The zero-order chi connectivity index (χ0) is 14.9. The van der Waals surface area contributed by atoms with Crippen molar-refractivity contribution in [2.75, 3.05) is 0 Å². The fraction of sp³-hybridized carbons (Fsp3) is 0.438. The second-order valence-corrected chi connectivity index (χ2v) is 5.80. The van der Waals surface area contributed by atoms with E-state index >= 15 is 0 Å². The fourth-order valence-electron chi connectivity index (χ4n) is 3.25. The SMILES string of the molecule is Cn1ncnc1[C@]1(O)CC[C@@](C#N)(c2ccccc2)CC1. The number of aryl methyl sites for hydroxylation is 1. The summed E-state index contributed by atoms with van der Waals surface area (Å²) in [5, 5.41) is 24.6. The molecule has 0 bridgehead atoms. The van der Waals surface area contributed by atoms with Gasteiger partial charge in [-0.05, 0) is 31.2 Å². The van der Waals surface area contributed by atoms with E-state index in [1.165, 1.54) is 6.33 Å². The smallest absolute Gasteiger partial charge is 0.158 e. The molecule has 108 valence electrons. The third kappa shape index (κ3) is 2.22. The third-order valence-corrected chi connectivity index (χ3v) is 4.60. The molecule has 1 aromatic carbocycles. The van der Waals surface area contributed by atoms with Gasteiger partial charge in [0.2, 0.25) is 0 Å². The Morgan fingerprint density at radius 3 is 2.38 bits per heavy atom. The lowest BCUT2D eigenvalue weighted by Crippen LogP contribution is -2.40. The van der Waals surface area contributed by atoms with Crippen molar-refractivity contribution in [2.24, 2.45) is 7.05 Å². The Bertz CT molecular complexity index is 663. The monoisotopic (exact) mass is 282 g/mol. The highest BCUT2D eigenvalue weighted by molar-refractivity contribution is 5.33. The molecule has 5 heteroatoms. The van der Waals surface area contributed by atoms with Crippen LogP contribution in [0.25, 0.3) is 0 Å². The van der Waals surface area contributed by atoms with Crippen molar-refractivity contribution in [1.29, 1.82) is 5.26 Å². The van der Waals surface area contributed by atoms with Crippen molar-refractivity contribution in [3.63, 3.8) is 0 Å². The Kier molecular flexibility index (Phi) is 3.26. The van der Waals surface area contributed by atoms with E-state index in [0.29, 0.717) is 31.5 Å². The summed E-state index contributed by atoms with van der Waals surface area (Å²) in [5.74, 6) is 0.585. The fourth-order valence-corrected chi connectivity index (χ4v) is 3.25. The van der Waals surface area contributed by atoms with Gasteiger partial charge in [0.1, 0.15) is 11.9 Å². The van der Waals surface area contributed by atoms with Gasteiger partial charge in [-0.15, -0.1) is 0 Å². The molecule has 1 fully saturated rings. The molecule has 5 nitrogen and oxygen atoms in total. The zero-order valence-corrected chi connectivity index (χ0v) is 12.0. The van der Waals surface area contributed by atoms with E-state index in [9.17, 15) is 10.4 Å². The van der Waals surface area contributed by atoms with Crippen LogP contribution in [-0.2, 0) is 18.1 Å². The average Bonchev–Trinajstić information content (AvgIpc) is 2.96. The van der Waals surface area contributed by atoms with Crippen molar-refractivity contribution < 1.29 is 5.11 Å². The molecule has 0 spiro atoms. The predicted molar refractivity (Wildman–Crippen MR) is 77.1 cm³/mol. The first kappa shape index (κ1) is 13.8. The van der Waals surface area contributed by atoms with Gasteiger partial charge in [-0.1, -0.05) is 30.3 Å². The summed E-state index contributed by atoms with van der Waals surface area (Å²) in [6.45, 7) is 0. The second kappa shape index (κ2) is 4.97. The molecule has 0 amide bonds. The van der Waals surface area contributed by atoms with Crippen molar-refractivity contribution >= 4 is 0 Å². The molecule has 0 saturated heterocycles. The van der Waals surface area contributed by atoms with Crippen molar-refractivity contribution in [3.8, 4) is 6.07 Å². The Balaban J connectivity index is 1.87. The van der Waals surface area contributed by atoms with Crippen LogP contribution in [-0.4, -0.2) is 19.9 Å². The van der Waals surface area contributed by atoms with Gasteiger partial charge in [0.25, 0.3) is 0 Å². The van der Waals surface area contributed by atoms with Gasteiger partial charge >= 0.3 is 0 Å². The lowest BCUT2D eigenvalue weighted by Gasteiger charge is -2.39. The quantitative estimate of drug-likeness (QED) is 0.914. The largest absolute Gasteiger partial charge is 0.382 e. The summed E-state index contributed by atoms with van der Waals surface area (Å²) < 4.78 is 1.61. The molecular weight excluding hydrogens is 264 g/mol. The maximum absolute atomic E-state index is 10.9. The van der Waals surface area contributed by atoms with E-state index in [1.807, 2.05) is 30.3 Å². The molecular formula is C16H18N4O. The van der Waals surface area contributed by atoms with Crippen molar-refractivity contribution in [3.05, 3.63) is 48.0 Å². The van der Waals surface area contributed by atoms with Crippen molar-refractivity contribution in [2.45, 2.75) is 36.7 Å². The topological polar surface area (TPSA) is 74.7 Å². The first-order valence-corrected chi connectivity index (χ1v) is 7.13. The minimum atomic E-state index is -0.986. The number of aliphatic hydroxyl groups is 1. The lowest BCUT2D eigenvalue weighted by atomic mass is 9.66. The summed E-state index contributed by atoms with van der Waals surface area (Å²) >= 11 is 0. The molecule has 1 heterocycles. The van der Waals surface area contributed by atoms with Gasteiger partial charge in [0.15, 0.2) is 5.82 Å². The second-order valence-electron chi connectivity index (χ2n) is 5.80. The minimum Gasteiger partial charge on any atom is -0.382 e. The van der Waals surface area contributed by atoms with Gasteiger partial charge in [0.05, 0.1) is 11.5 Å². The molecule has 1 N–H and O–H groups in total. The first-order valence-electron chi connectivity index (χ1n) is 7.13. The number of nitriles is 1. The maximum Gasteiger partial charge on any atom is 0.158 e. The number of hydrogen-bond donors (Lipinski definition) is 1. The highest BCUT2D eigenvalue weighted by atomic mass is 16.3. The molecule has 1 saturated carbocycles. The molecule has 2 aromatic rings. The van der Waals surface area contributed by atoms with Crippen LogP contribution in [0.4, 0.5) is 0 Å². The summed E-state index contributed by atoms with van der Waals surface area (Å²) in [7, 11) is 1.78. The number of hydrogen-bond acceptors (Lipinski definition) is 4. The van der Waals surface area contributed by atoms with Gasteiger partial charge in [-0.2, -0.15) is 10.4 Å². The van der Waals surface area contributed by atoms with Crippen LogP contribution in [0.3, 0.4) is 0 Å². The number of nitrogens with zero attached hydrogens (tertiary/aromatic N) is 4. The molecule has 0 radical (unpaired) electrons.